The molecule has 1 aliphatic rings. The Balaban J connectivity index is 1.84. The van der Waals surface area contributed by atoms with Crippen molar-refractivity contribution in [1.82, 2.24) is 0 Å². The fraction of sp³-hybridized carbons (Fsp3) is 0.667. The minimum Gasteiger partial charge on any atom is -0.330 e. The van der Waals surface area contributed by atoms with Crippen molar-refractivity contribution < 1.29 is 0 Å². The van der Waals surface area contributed by atoms with E-state index in [4.69, 9.17) is 5.73 Å². The Labute approximate surface area is 118 Å². The van der Waals surface area contributed by atoms with Gasteiger partial charge >= 0.3 is 0 Å². The molecule has 1 aromatic rings. The molecule has 19 heavy (non-hydrogen) atoms. The summed E-state index contributed by atoms with van der Waals surface area (Å²) in [6.45, 7) is 3.01. The van der Waals surface area contributed by atoms with Gasteiger partial charge in [-0.25, -0.2) is 0 Å². The van der Waals surface area contributed by atoms with Crippen LogP contribution in [0.4, 0.5) is 0 Å². The summed E-state index contributed by atoms with van der Waals surface area (Å²) >= 11 is 0. The van der Waals surface area contributed by atoms with E-state index < -0.39 is 0 Å². The normalized spacial score (nSPS) is 18.4. The van der Waals surface area contributed by atoms with Crippen LogP contribution in [0, 0.1) is 11.8 Å². The van der Waals surface area contributed by atoms with Crippen LogP contribution in [0.5, 0.6) is 0 Å². The molecule has 0 bridgehead atoms. The van der Waals surface area contributed by atoms with Crippen LogP contribution in [0.2, 0.25) is 0 Å². The highest BCUT2D eigenvalue weighted by molar-refractivity contribution is 5.24. The third-order valence-electron chi connectivity index (χ3n) is 4.54. The van der Waals surface area contributed by atoms with E-state index in [-0.39, 0.29) is 0 Å². The lowest BCUT2D eigenvalue weighted by Gasteiger charge is -2.21. The second kappa shape index (κ2) is 7.69. The molecule has 2 rings (SSSR count). The molecular formula is C18H29N. The molecule has 1 nitrogen and oxygen atoms in total. The van der Waals surface area contributed by atoms with E-state index in [0.717, 1.165) is 18.9 Å². The summed E-state index contributed by atoms with van der Waals surface area (Å²) in [7, 11) is 0. The minimum absolute atomic E-state index is 0.591. The van der Waals surface area contributed by atoms with Gasteiger partial charge in [-0.1, -0.05) is 63.3 Å². The fourth-order valence-corrected chi connectivity index (χ4v) is 3.24. The molecule has 1 unspecified atom stereocenters. The van der Waals surface area contributed by atoms with Crippen molar-refractivity contribution in [3.63, 3.8) is 0 Å². The van der Waals surface area contributed by atoms with E-state index in [1.165, 1.54) is 56.1 Å². The van der Waals surface area contributed by atoms with Gasteiger partial charge in [0.2, 0.25) is 0 Å². The molecule has 1 aromatic carbocycles. The average molecular weight is 259 g/mol. The monoisotopic (exact) mass is 259 g/mol. The largest absolute Gasteiger partial charge is 0.330 e. The number of hydrogen-bond donors (Lipinski definition) is 1. The van der Waals surface area contributed by atoms with E-state index in [0.29, 0.717) is 5.92 Å². The van der Waals surface area contributed by atoms with Crippen LogP contribution in [0.1, 0.15) is 56.6 Å². The molecule has 2 N–H and O–H groups in total. The van der Waals surface area contributed by atoms with Crippen LogP contribution in [0.15, 0.2) is 24.3 Å². The summed E-state index contributed by atoms with van der Waals surface area (Å²) in [5.74, 6) is 1.58. The fourth-order valence-electron chi connectivity index (χ4n) is 3.24. The van der Waals surface area contributed by atoms with Gasteiger partial charge in [-0.3, -0.25) is 0 Å². The van der Waals surface area contributed by atoms with Crippen molar-refractivity contribution in [1.29, 1.82) is 0 Å². The third-order valence-corrected chi connectivity index (χ3v) is 4.54. The molecule has 0 radical (unpaired) electrons. The van der Waals surface area contributed by atoms with Crippen LogP contribution < -0.4 is 5.73 Å². The summed E-state index contributed by atoms with van der Waals surface area (Å²) in [5.41, 5.74) is 8.69. The minimum atomic E-state index is 0.591. The van der Waals surface area contributed by atoms with E-state index >= 15 is 0 Å². The molecule has 0 aliphatic heterocycles. The summed E-state index contributed by atoms with van der Waals surface area (Å²) in [6, 6.07) is 9.15. The number of nitrogens with two attached hydrogens (primary N) is 1. The zero-order valence-corrected chi connectivity index (χ0v) is 12.4. The van der Waals surface area contributed by atoms with Gasteiger partial charge < -0.3 is 5.73 Å². The summed E-state index contributed by atoms with van der Waals surface area (Å²) in [4.78, 5) is 0. The predicted molar refractivity (Wildman–Crippen MR) is 83.3 cm³/mol. The maximum Gasteiger partial charge on any atom is -0.00483 e. The van der Waals surface area contributed by atoms with Crippen molar-refractivity contribution in [2.24, 2.45) is 17.6 Å². The molecule has 0 spiro atoms. The lowest BCUT2D eigenvalue weighted by atomic mass is 9.85. The van der Waals surface area contributed by atoms with Gasteiger partial charge in [0.05, 0.1) is 0 Å². The van der Waals surface area contributed by atoms with Gasteiger partial charge in [-0.05, 0) is 48.8 Å². The highest BCUT2D eigenvalue weighted by Gasteiger charge is 2.13. The zero-order chi connectivity index (χ0) is 13.5. The molecule has 0 aromatic heterocycles. The van der Waals surface area contributed by atoms with Gasteiger partial charge in [-0.15, -0.1) is 0 Å². The number of aryl methyl sites for hydroxylation is 1. The second-order valence-electron chi connectivity index (χ2n) is 6.41. The molecule has 1 heteroatoms. The quantitative estimate of drug-likeness (QED) is 0.808. The van der Waals surface area contributed by atoms with Crippen LogP contribution in [0.25, 0.3) is 0 Å². The van der Waals surface area contributed by atoms with E-state index in [9.17, 15) is 0 Å². The van der Waals surface area contributed by atoms with Crippen LogP contribution in [0.3, 0.4) is 0 Å². The summed E-state index contributed by atoms with van der Waals surface area (Å²) in [5, 5.41) is 0. The van der Waals surface area contributed by atoms with E-state index in [2.05, 4.69) is 31.2 Å². The second-order valence-corrected chi connectivity index (χ2v) is 6.41. The van der Waals surface area contributed by atoms with Crippen molar-refractivity contribution in [3.8, 4) is 0 Å². The van der Waals surface area contributed by atoms with Crippen LogP contribution in [-0.2, 0) is 12.8 Å². The Morgan fingerprint density at radius 3 is 2.63 bits per heavy atom. The van der Waals surface area contributed by atoms with Crippen molar-refractivity contribution >= 4 is 0 Å². The number of benzene rings is 1. The molecule has 0 amide bonds. The summed E-state index contributed by atoms with van der Waals surface area (Å²) in [6.07, 6.45) is 11.1. The third kappa shape index (κ3) is 4.99. The highest BCUT2D eigenvalue weighted by Crippen LogP contribution is 2.27. The molecule has 1 saturated carbocycles. The zero-order valence-electron chi connectivity index (χ0n) is 12.4. The first kappa shape index (κ1) is 14.6. The van der Waals surface area contributed by atoms with Crippen molar-refractivity contribution in [2.45, 2.75) is 58.3 Å². The van der Waals surface area contributed by atoms with Gasteiger partial charge in [0.1, 0.15) is 0 Å². The smallest absolute Gasteiger partial charge is 0.00483 e. The molecule has 106 valence electrons. The predicted octanol–water partition coefficient (Wildman–Crippen LogP) is 4.34. The standard InChI is InChI=1S/C18H29N/c1-15(14-19)12-18-9-5-8-17(13-18)11-10-16-6-3-2-4-7-16/h5,8-9,13,15-16H,2-4,6-7,10-12,14,19H2,1H3. The first-order valence-corrected chi connectivity index (χ1v) is 8.06. The number of rotatable bonds is 6. The summed E-state index contributed by atoms with van der Waals surface area (Å²) < 4.78 is 0. The van der Waals surface area contributed by atoms with Crippen molar-refractivity contribution in [3.05, 3.63) is 35.4 Å². The van der Waals surface area contributed by atoms with Crippen LogP contribution in [-0.4, -0.2) is 6.54 Å². The molecule has 1 aliphatic carbocycles. The van der Waals surface area contributed by atoms with Crippen molar-refractivity contribution in [2.75, 3.05) is 6.54 Å². The van der Waals surface area contributed by atoms with E-state index in [1.54, 1.807) is 0 Å². The van der Waals surface area contributed by atoms with Gasteiger partial charge in [0, 0.05) is 0 Å². The first-order valence-electron chi connectivity index (χ1n) is 8.06. The Kier molecular flexibility index (Phi) is 5.91. The Morgan fingerprint density at radius 1 is 1.16 bits per heavy atom. The first-order chi connectivity index (χ1) is 9.28. The van der Waals surface area contributed by atoms with Crippen LogP contribution >= 0.6 is 0 Å². The molecule has 1 fully saturated rings. The average Bonchev–Trinajstić information content (AvgIpc) is 2.46. The number of hydrogen-bond acceptors (Lipinski definition) is 1. The lowest BCUT2D eigenvalue weighted by molar-refractivity contribution is 0.339. The maximum absolute atomic E-state index is 5.71. The SMILES string of the molecule is CC(CN)Cc1cccc(CCC2CCCCC2)c1. The van der Waals surface area contributed by atoms with Gasteiger partial charge in [-0.2, -0.15) is 0 Å². The Hall–Kier alpha value is -0.820. The molecular weight excluding hydrogens is 230 g/mol. The molecule has 0 heterocycles. The van der Waals surface area contributed by atoms with E-state index in [1.807, 2.05) is 0 Å². The maximum atomic E-state index is 5.71. The molecule has 0 saturated heterocycles. The molecule has 1 atom stereocenters. The van der Waals surface area contributed by atoms with Gasteiger partial charge in [0.15, 0.2) is 0 Å². The topological polar surface area (TPSA) is 26.0 Å². The highest BCUT2D eigenvalue weighted by atomic mass is 14.5. The Bertz CT molecular complexity index is 366. The lowest BCUT2D eigenvalue weighted by Crippen LogP contribution is -2.13. The van der Waals surface area contributed by atoms with Gasteiger partial charge in [0.25, 0.3) is 0 Å². The Morgan fingerprint density at radius 2 is 1.89 bits per heavy atom.